The number of carbonyl (C=O) groups is 1. The van der Waals surface area contributed by atoms with Crippen LogP contribution in [0, 0.1) is 18.3 Å². The highest BCUT2D eigenvalue weighted by Gasteiger charge is 2.05. The number of allylic oxidation sites excluding steroid dienone is 1. The molecule has 18 heavy (non-hydrogen) atoms. The molecule has 0 saturated carbocycles. The smallest absolute Gasteiger partial charge is 0.238 e. The van der Waals surface area contributed by atoms with Crippen molar-refractivity contribution in [3.05, 3.63) is 22.3 Å². The molecular formula is C11H14N4O2S. The number of hydrogen-bond donors (Lipinski definition) is 3. The lowest BCUT2D eigenvalue weighted by Crippen LogP contribution is -2.33. The van der Waals surface area contributed by atoms with Crippen LogP contribution in [-0.4, -0.2) is 22.6 Å². The van der Waals surface area contributed by atoms with Gasteiger partial charge in [-0.25, -0.2) is 4.98 Å². The Kier molecular flexibility index (Phi) is 5.84. The second-order valence-electron chi connectivity index (χ2n) is 3.48. The van der Waals surface area contributed by atoms with Crippen molar-refractivity contribution >= 4 is 22.8 Å². The SMILES string of the molecule is Cc1csc(/C(C#N)=C/NNC(=O)CCCO)n1. The minimum atomic E-state index is -0.243. The van der Waals surface area contributed by atoms with E-state index in [2.05, 4.69) is 15.8 Å². The van der Waals surface area contributed by atoms with Gasteiger partial charge >= 0.3 is 0 Å². The fourth-order valence-corrected chi connectivity index (χ4v) is 1.87. The molecule has 1 rings (SSSR count). The summed E-state index contributed by atoms with van der Waals surface area (Å²) in [4.78, 5) is 15.4. The van der Waals surface area contributed by atoms with E-state index in [1.165, 1.54) is 17.5 Å². The van der Waals surface area contributed by atoms with E-state index in [9.17, 15) is 4.79 Å². The molecule has 0 aliphatic carbocycles. The van der Waals surface area contributed by atoms with Crippen LogP contribution in [0.2, 0.25) is 0 Å². The fraction of sp³-hybridized carbons (Fsp3) is 0.364. The van der Waals surface area contributed by atoms with Crippen LogP contribution < -0.4 is 10.9 Å². The van der Waals surface area contributed by atoms with Crippen LogP contribution in [-0.2, 0) is 4.79 Å². The third kappa shape index (κ3) is 4.53. The minimum absolute atomic E-state index is 0.0227. The molecule has 3 N–H and O–H groups in total. The number of amides is 1. The summed E-state index contributed by atoms with van der Waals surface area (Å²) in [5.41, 5.74) is 6.17. The predicted molar refractivity (Wildman–Crippen MR) is 68.0 cm³/mol. The molecule has 1 heterocycles. The highest BCUT2D eigenvalue weighted by Crippen LogP contribution is 2.17. The van der Waals surface area contributed by atoms with Crippen molar-refractivity contribution in [2.75, 3.05) is 6.61 Å². The van der Waals surface area contributed by atoms with E-state index in [0.717, 1.165) is 5.69 Å². The van der Waals surface area contributed by atoms with Crippen LogP contribution in [0.15, 0.2) is 11.6 Å². The van der Waals surface area contributed by atoms with E-state index in [4.69, 9.17) is 10.4 Å². The summed E-state index contributed by atoms with van der Waals surface area (Å²) in [7, 11) is 0. The van der Waals surface area contributed by atoms with E-state index in [1.807, 2.05) is 18.4 Å². The van der Waals surface area contributed by atoms with Gasteiger partial charge in [0.25, 0.3) is 0 Å². The number of aryl methyl sites for hydroxylation is 1. The third-order valence-corrected chi connectivity index (χ3v) is 2.95. The first-order chi connectivity index (χ1) is 8.67. The molecule has 0 atom stereocenters. The number of aliphatic hydroxyl groups excluding tert-OH is 1. The Morgan fingerprint density at radius 1 is 1.72 bits per heavy atom. The second-order valence-corrected chi connectivity index (χ2v) is 4.34. The van der Waals surface area contributed by atoms with Crippen molar-refractivity contribution in [2.45, 2.75) is 19.8 Å². The molecule has 6 nitrogen and oxygen atoms in total. The summed E-state index contributed by atoms with van der Waals surface area (Å²) in [6.07, 6.45) is 2.04. The Hall–Kier alpha value is -1.91. The van der Waals surface area contributed by atoms with Gasteiger partial charge in [0.05, 0.1) is 0 Å². The van der Waals surface area contributed by atoms with Crippen LogP contribution in [0.4, 0.5) is 0 Å². The number of rotatable bonds is 6. The molecular weight excluding hydrogens is 252 g/mol. The van der Waals surface area contributed by atoms with Crippen LogP contribution in [0.25, 0.3) is 5.57 Å². The summed E-state index contributed by atoms with van der Waals surface area (Å²) in [6, 6.07) is 2.00. The van der Waals surface area contributed by atoms with E-state index in [1.54, 1.807) is 0 Å². The molecule has 0 unspecified atom stereocenters. The number of aliphatic hydroxyl groups is 1. The molecule has 0 saturated heterocycles. The second kappa shape index (κ2) is 7.42. The van der Waals surface area contributed by atoms with Crippen LogP contribution in [0.3, 0.4) is 0 Å². The van der Waals surface area contributed by atoms with E-state index in [-0.39, 0.29) is 18.9 Å². The molecule has 7 heteroatoms. The van der Waals surface area contributed by atoms with Crippen molar-refractivity contribution in [2.24, 2.45) is 0 Å². The number of nitrogens with zero attached hydrogens (tertiary/aromatic N) is 2. The normalized spacial score (nSPS) is 10.8. The summed E-state index contributed by atoms with van der Waals surface area (Å²) in [5.74, 6) is -0.243. The van der Waals surface area contributed by atoms with E-state index >= 15 is 0 Å². The van der Waals surface area contributed by atoms with Gasteiger partial charge in [0.15, 0.2) is 0 Å². The zero-order valence-electron chi connectivity index (χ0n) is 9.93. The summed E-state index contributed by atoms with van der Waals surface area (Å²) in [5, 5.41) is 20.0. The summed E-state index contributed by atoms with van der Waals surface area (Å²) in [6.45, 7) is 1.82. The Balaban J connectivity index is 2.50. The standard InChI is InChI=1S/C11H14N4O2S/c1-8-7-18-11(14-8)9(5-12)6-13-15-10(17)3-2-4-16/h6-7,13,16H,2-4H2,1H3,(H,15,17)/b9-6+. The largest absolute Gasteiger partial charge is 0.396 e. The number of nitrogens with one attached hydrogen (secondary N) is 2. The first-order valence-electron chi connectivity index (χ1n) is 5.35. The van der Waals surface area contributed by atoms with Crippen molar-refractivity contribution in [3.8, 4) is 6.07 Å². The lowest BCUT2D eigenvalue weighted by Gasteiger charge is -2.03. The highest BCUT2D eigenvalue weighted by molar-refractivity contribution is 7.10. The Bertz CT molecular complexity index is 476. The summed E-state index contributed by atoms with van der Waals surface area (Å²) >= 11 is 1.37. The van der Waals surface area contributed by atoms with Gasteiger partial charge in [-0.2, -0.15) is 5.26 Å². The molecule has 0 spiro atoms. The van der Waals surface area contributed by atoms with Gasteiger partial charge in [-0.05, 0) is 13.3 Å². The van der Waals surface area contributed by atoms with Gasteiger partial charge in [-0.15, -0.1) is 11.3 Å². The average molecular weight is 266 g/mol. The van der Waals surface area contributed by atoms with Gasteiger partial charge in [0, 0.05) is 30.3 Å². The third-order valence-electron chi connectivity index (χ3n) is 1.96. The number of carbonyl (C=O) groups excluding carboxylic acids is 1. The van der Waals surface area contributed by atoms with Crippen LogP contribution in [0.5, 0.6) is 0 Å². The van der Waals surface area contributed by atoms with Gasteiger partial charge in [-0.3, -0.25) is 10.2 Å². The average Bonchev–Trinajstić information content (AvgIpc) is 2.78. The molecule has 0 bridgehead atoms. The molecule has 1 amide bonds. The highest BCUT2D eigenvalue weighted by atomic mass is 32.1. The van der Waals surface area contributed by atoms with Gasteiger partial charge in [0.2, 0.25) is 5.91 Å². The van der Waals surface area contributed by atoms with Crippen molar-refractivity contribution in [1.29, 1.82) is 5.26 Å². The molecule has 96 valence electrons. The molecule has 0 aliphatic heterocycles. The zero-order valence-corrected chi connectivity index (χ0v) is 10.8. The molecule has 0 radical (unpaired) electrons. The number of aromatic nitrogens is 1. The maximum atomic E-state index is 11.2. The first-order valence-corrected chi connectivity index (χ1v) is 6.23. The topological polar surface area (TPSA) is 98.0 Å². The molecule has 1 aromatic rings. The Labute approximate surface area is 109 Å². The maximum absolute atomic E-state index is 11.2. The number of hydrogen-bond acceptors (Lipinski definition) is 6. The lowest BCUT2D eigenvalue weighted by molar-refractivity contribution is -0.122. The molecule has 0 aromatic carbocycles. The van der Waals surface area contributed by atoms with Gasteiger partial charge in [-0.1, -0.05) is 0 Å². The van der Waals surface area contributed by atoms with Gasteiger partial charge < -0.3 is 10.5 Å². The first kappa shape index (κ1) is 14.2. The summed E-state index contributed by atoms with van der Waals surface area (Å²) < 4.78 is 0. The quantitative estimate of drug-likeness (QED) is 0.520. The zero-order chi connectivity index (χ0) is 13.4. The van der Waals surface area contributed by atoms with E-state index < -0.39 is 0 Å². The van der Waals surface area contributed by atoms with Crippen LogP contribution in [0.1, 0.15) is 23.5 Å². The molecule has 0 aliphatic rings. The van der Waals surface area contributed by atoms with E-state index in [0.29, 0.717) is 17.0 Å². The monoisotopic (exact) mass is 266 g/mol. The molecule has 0 fully saturated rings. The predicted octanol–water partition coefficient (Wildman–Crippen LogP) is 0.709. The van der Waals surface area contributed by atoms with Crippen LogP contribution >= 0.6 is 11.3 Å². The lowest BCUT2D eigenvalue weighted by atomic mass is 10.3. The van der Waals surface area contributed by atoms with Crippen molar-refractivity contribution < 1.29 is 9.90 Å². The van der Waals surface area contributed by atoms with Crippen molar-refractivity contribution in [1.82, 2.24) is 15.8 Å². The Morgan fingerprint density at radius 3 is 3.06 bits per heavy atom. The van der Waals surface area contributed by atoms with Crippen molar-refractivity contribution in [3.63, 3.8) is 0 Å². The van der Waals surface area contributed by atoms with Gasteiger partial charge in [0.1, 0.15) is 16.6 Å². The number of hydrazine groups is 1. The minimum Gasteiger partial charge on any atom is -0.396 e. The Morgan fingerprint density at radius 2 is 2.50 bits per heavy atom. The maximum Gasteiger partial charge on any atom is 0.238 e. The molecule has 1 aromatic heterocycles. The number of nitriles is 1. The fourth-order valence-electron chi connectivity index (χ4n) is 1.11. The number of thiazole rings is 1.